The fourth-order valence-electron chi connectivity index (χ4n) is 3.11. The first-order valence-electron chi connectivity index (χ1n) is 7.05. The summed E-state index contributed by atoms with van der Waals surface area (Å²) in [7, 11) is 1.89. The molecule has 3 nitrogen and oxygen atoms in total. The summed E-state index contributed by atoms with van der Waals surface area (Å²) in [5.41, 5.74) is 2.42. The van der Waals surface area contributed by atoms with Crippen molar-refractivity contribution in [3.8, 4) is 0 Å². The Kier molecular flexibility index (Phi) is 3.13. The van der Waals surface area contributed by atoms with Gasteiger partial charge in [-0.25, -0.2) is 4.39 Å². The van der Waals surface area contributed by atoms with E-state index in [1.807, 2.05) is 23.9 Å². The molecule has 0 amide bonds. The number of hydrogen-bond donors (Lipinski definition) is 1. The molecule has 1 atom stereocenters. The number of halogens is 1. The molecule has 1 N–H and O–H groups in total. The maximum Gasteiger partial charge on any atom is 0.126 e. The Morgan fingerprint density at radius 1 is 1.45 bits per heavy atom. The number of fused-ring (bicyclic) bond motifs is 1. The van der Waals surface area contributed by atoms with Crippen molar-refractivity contribution < 1.29 is 9.50 Å². The molecule has 2 aromatic rings. The van der Waals surface area contributed by atoms with Gasteiger partial charge in [-0.3, -0.25) is 4.68 Å². The number of aryl methyl sites for hydroxylation is 2. The van der Waals surface area contributed by atoms with Gasteiger partial charge >= 0.3 is 0 Å². The average Bonchev–Trinajstić information content (AvgIpc) is 2.93. The average molecular weight is 274 g/mol. The van der Waals surface area contributed by atoms with Crippen LogP contribution >= 0.6 is 0 Å². The van der Waals surface area contributed by atoms with E-state index in [0.717, 1.165) is 23.4 Å². The van der Waals surface area contributed by atoms with Crippen molar-refractivity contribution >= 4 is 0 Å². The van der Waals surface area contributed by atoms with Crippen LogP contribution in [0.25, 0.3) is 0 Å². The number of rotatable bonds is 3. The van der Waals surface area contributed by atoms with Gasteiger partial charge in [0.15, 0.2) is 0 Å². The van der Waals surface area contributed by atoms with Gasteiger partial charge in [0.05, 0.1) is 11.3 Å². The fraction of sp³-hybridized carbons (Fsp3) is 0.438. The summed E-state index contributed by atoms with van der Waals surface area (Å²) in [5.74, 6) is -0.210. The van der Waals surface area contributed by atoms with Crippen LogP contribution in [0.2, 0.25) is 0 Å². The van der Waals surface area contributed by atoms with Crippen LogP contribution in [-0.4, -0.2) is 14.9 Å². The van der Waals surface area contributed by atoms with Crippen molar-refractivity contribution in [3.63, 3.8) is 0 Å². The number of nitrogens with zero attached hydrogens (tertiary/aromatic N) is 2. The van der Waals surface area contributed by atoms with Crippen LogP contribution < -0.4 is 0 Å². The zero-order valence-electron chi connectivity index (χ0n) is 11.9. The molecule has 0 radical (unpaired) electrons. The highest BCUT2D eigenvalue weighted by Gasteiger charge is 2.38. The molecule has 0 saturated heterocycles. The van der Waals surface area contributed by atoms with Gasteiger partial charge in [0.1, 0.15) is 5.82 Å². The summed E-state index contributed by atoms with van der Waals surface area (Å²) in [6.07, 6.45) is 2.51. The van der Waals surface area contributed by atoms with Gasteiger partial charge < -0.3 is 5.11 Å². The molecule has 0 spiro atoms. The van der Waals surface area contributed by atoms with E-state index in [-0.39, 0.29) is 5.82 Å². The van der Waals surface area contributed by atoms with Gasteiger partial charge in [0.2, 0.25) is 0 Å². The normalized spacial score (nSPS) is 21.2. The predicted octanol–water partition coefficient (Wildman–Crippen LogP) is 2.50. The Bertz CT molecular complexity index is 650. The number of aliphatic hydroxyl groups is 1. The van der Waals surface area contributed by atoms with Crippen molar-refractivity contribution in [3.05, 3.63) is 52.6 Å². The smallest absolute Gasteiger partial charge is 0.126 e. The quantitative estimate of drug-likeness (QED) is 0.934. The minimum atomic E-state index is -0.976. The third-order valence-corrected chi connectivity index (χ3v) is 4.27. The summed E-state index contributed by atoms with van der Waals surface area (Å²) in [6, 6.07) is 6.99. The zero-order chi connectivity index (χ0) is 14.3. The van der Waals surface area contributed by atoms with Crippen LogP contribution in [0.1, 0.15) is 35.9 Å². The Morgan fingerprint density at radius 2 is 2.25 bits per heavy atom. The molecular formula is C16H19FN2O. The molecule has 1 aliphatic carbocycles. The third-order valence-electron chi connectivity index (χ3n) is 4.27. The van der Waals surface area contributed by atoms with Crippen LogP contribution in [0.3, 0.4) is 0 Å². The van der Waals surface area contributed by atoms with E-state index < -0.39 is 5.60 Å². The lowest BCUT2D eigenvalue weighted by Crippen LogP contribution is -2.26. The molecule has 3 rings (SSSR count). The lowest BCUT2D eigenvalue weighted by atomic mass is 9.90. The molecule has 106 valence electrons. The van der Waals surface area contributed by atoms with Crippen LogP contribution in [0, 0.1) is 5.82 Å². The van der Waals surface area contributed by atoms with E-state index in [2.05, 4.69) is 12.0 Å². The van der Waals surface area contributed by atoms with Crippen LogP contribution in [0.4, 0.5) is 4.39 Å². The second-order valence-electron chi connectivity index (χ2n) is 5.58. The summed E-state index contributed by atoms with van der Waals surface area (Å²) in [5, 5.41) is 15.3. The molecular weight excluding hydrogens is 255 g/mol. The van der Waals surface area contributed by atoms with Gasteiger partial charge in [-0.15, -0.1) is 0 Å². The summed E-state index contributed by atoms with van der Waals surface area (Å²) in [4.78, 5) is 0. The fourth-order valence-corrected chi connectivity index (χ4v) is 3.11. The van der Waals surface area contributed by atoms with E-state index in [0.29, 0.717) is 24.8 Å². The van der Waals surface area contributed by atoms with E-state index in [4.69, 9.17) is 0 Å². The molecule has 1 aliphatic rings. The second-order valence-corrected chi connectivity index (χ2v) is 5.58. The van der Waals surface area contributed by atoms with Gasteiger partial charge in [0, 0.05) is 19.2 Å². The maximum absolute atomic E-state index is 13.8. The standard InChI is InChI=1S/C16H19FN2O/c1-3-11-9-12(19(2)18-11)10-16(20)8-7-13-14(16)5-4-6-15(13)17/h4-6,9,20H,3,7-8,10H2,1-2H3. The topological polar surface area (TPSA) is 38.0 Å². The minimum absolute atomic E-state index is 0.210. The lowest BCUT2D eigenvalue weighted by Gasteiger charge is -2.24. The number of aromatic nitrogens is 2. The highest BCUT2D eigenvalue weighted by atomic mass is 19.1. The molecule has 0 aliphatic heterocycles. The Labute approximate surface area is 118 Å². The minimum Gasteiger partial charge on any atom is -0.385 e. The third kappa shape index (κ3) is 2.04. The second kappa shape index (κ2) is 4.70. The maximum atomic E-state index is 13.8. The van der Waals surface area contributed by atoms with Crippen molar-refractivity contribution in [1.29, 1.82) is 0 Å². The largest absolute Gasteiger partial charge is 0.385 e. The molecule has 1 aromatic heterocycles. The zero-order valence-corrected chi connectivity index (χ0v) is 11.9. The van der Waals surface area contributed by atoms with Crippen molar-refractivity contribution in [2.24, 2.45) is 7.05 Å². The SMILES string of the molecule is CCc1cc(CC2(O)CCc3c(F)cccc32)n(C)n1. The predicted molar refractivity (Wildman–Crippen MR) is 74.9 cm³/mol. The molecule has 4 heteroatoms. The van der Waals surface area contributed by atoms with Gasteiger partial charge in [0.25, 0.3) is 0 Å². The number of hydrogen-bond acceptors (Lipinski definition) is 2. The highest BCUT2D eigenvalue weighted by molar-refractivity contribution is 5.39. The molecule has 1 unspecified atom stereocenters. The van der Waals surface area contributed by atoms with Gasteiger partial charge in [-0.1, -0.05) is 19.1 Å². The lowest BCUT2D eigenvalue weighted by molar-refractivity contribution is 0.0370. The Morgan fingerprint density at radius 3 is 2.95 bits per heavy atom. The first-order chi connectivity index (χ1) is 9.53. The Balaban J connectivity index is 1.96. The van der Waals surface area contributed by atoms with Gasteiger partial charge in [-0.05, 0) is 42.5 Å². The van der Waals surface area contributed by atoms with Crippen LogP contribution in [0.5, 0.6) is 0 Å². The molecule has 0 saturated carbocycles. The van der Waals surface area contributed by atoms with Crippen molar-refractivity contribution in [2.45, 2.75) is 38.2 Å². The monoisotopic (exact) mass is 274 g/mol. The van der Waals surface area contributed by atoms with Crippen LogP contribution in [-0.2, 0) is 31.9 Å². The van der Waals surface area contributed by atoms with E-state index >= 15 is 0 Å². The molecule has 0 bridgehead atoms. The molecule has 20 heavy (non-hydrogen) atoms. The summed E-state index contributed by atoms with van der Waals surface area (Å²) in [6.45, 7) is 2.06. The summed E-state index contributed by atoms with van der Waals surface area (Å²) >= 11 is 0. The summed E-state index contributed by atoms with van der Waals surface area (Å²) < 4.78 is 15.6. The first kappa shape index (κ1) is 13.3. The molecule has 1 aromatic carbocycles. The number of benzene rings is 1. The van der Waals surface area contributed by atoms with Crippen molar-refractivity contribution in [2.75, 3.05) is 0 Å². The van der Waals surface area contributed by atoms with E-state index in [1.165, 1.54) is 6.07 Å². The molecule has 0 fully saturated rings. The Hall–Kier alpha value is -1.68. The van der Waals surface area contributed by atoms with Gasteiger partial charge in [-0.2, -0.15) is 5.10 Å². The van der Waals surface area contributed by atoms with Crippen LogP contribution in [0.15, 0.2) is 24.3 Å². The van der Waals surface area contributed by atoms with Crippen molar-refractivity contribution in [1.82, 2.24) is 9.78 Å². The molecule has 1 heterocycles. The first-order valence-corrected chi connectivity index (χ1v) is 7.05. The van der Waals surface area contributed by atoms with E-state index in [1.54, 1.807) is 6.07 Å². The van der Waals surface area contributed by atoms with E-state index in [9.17, 15) is 9.50 Å². The highest BCUT2D eigenvalue weighted by Crippen LogP contribution is 2.40.